The van der Waals surface area contributed by atoms with E-state index < -0.39 is 28.1 Å². The van der Waals surface area contributed by atoms with Gasteiger partial charge >= 0.3 is 6.36 Å². The van der Waals surface area contributed by atoms with Crippen LogP contribution in [0.5, 0.6) is 5.75 Å². The number of carbonyl (C=O) groups is 1. The molecule has 11 nitrogen and oxygen atoms in total. The molecule has 1 aromatic heterocycles. The van der Waals surface area contributed by atoms with Gasteiger partial charge in [0.15, 0.2) is 0 Å². The maximum absolute atomic E-state index is 13.2. The number of aromatic nitrogens is 2. The lowest BCUT2D eigenvalue weighted by Crippen LogP contribution is -2.49. The van der Waals surface area contributed by atoms with Gasteiger partial charge in [0.05, 0.1) is 16.8 Å². The summed E-state index contributed by atoms with van der Waals surface area (Å²) in [6.07, 6.45) is -2.94. The maximum Gasteiger partial charge on any atom is 0.573 e. The quantitative estimate of drug-likeness (QED) is 0.222. The Morgan fingerprint density at radius 3 is 2.11 bits per heavy atom. The van der Waals surface area contributed by atoms with Crippen LogP contribution in [0.25, 0.3) is 0 Å². The van der Waals surface area contributed by atoms with Crippen molar-refractivity contribution in [3.8, 4) is 5.75 Å². The standard InChI is InChI=1S/C16H19F3N6O3S.C11H13F2NO/c17-16(18,19)28-11-1-3-12(4-2-11)29(26,27)25-7-5-24(6-8-25)14-10-22-13(9-20)15(21)23-14;1-2-11(12,13)10-5-3-9(4-6-10)7-14-8-15/h1-4,10H,5-9,20H2,(H2,21,23);3-6,8H,2,7H2,1H3,(H,14,15). The number of sulfonamides is 1. The van der Waals surface area contributed by atoms with Gasteiger partial charge < -0.3 is 26.4 Å². The highest BCUT2D eigenvalue weighted by Crippen LogP contribution is 2.31. The van der Waals surface area contributed by atoms with Crippen molar-refractivity contribution in [2.45, 2.75) is 43.6 Å². The van der Waals surface area contributed by atoms with Crippen molar-refractivity contribution in [1.29, 1.82) is 0 Å². The van der Waals surface area contributed by atoms with Crippen LogP contribution in [-0.4, -0.2) is 61.6 Å². The first-order valence-corrected chi connectivity index (χ1v) is 14.7. The Hall–Kier alpha value is -4.09. The van der Waals surface area contributed by atoms with Crippen LogP contribution in [-0.2, 0) is 33.8 Å². The van der Waals surface area contributed by atoms with Crippen molar-refractivity contribution in [2.24, 2.45) is 5.73 Å². The number of carbonyl (C=O) groups excluding carboxylic acids is 1. The number of nitrogens with one attached hydrogen (secondary N) is 1. The molecule has 1 aliphatic heterocycles. The second-order valence-corrected chi connectivity index (χ2v) is 11.4. The molecule has 1 saturated heterocycles. The Morgan fingerprint density at radius 2 is 1.61 bits per heavy atom. The predicted octanol–water partition coefficient (Wildman–Crippen LogP) is 3.36. The summed E-state index contributed by atoms with van der Waals surface area (Å²) in [6.45, 7) is 3.02. The molecule has 4 rings (SSSR count). The third-order valence-electron chi connectivity index (χ3n) is 6.53. The molecule has 0 unspecified atom stereocenters. The Morgan fingerprint density at radius 1 is 1.00 bits per heavy atom. The lowest BCUT2D eigenvalue weighted by molar-refractivity contribution is -0.274. The maximum atomic E-state index is 13.2. The molecule has 0 atom stereocenters. The van der Waals surface area contributed by atoms with Gasteiger partial charge in [-0.2, -0.15) is 4.31 Å². The van der Waals surface area contributed by atoms with Gasteiger partial charge in [0.25, 0.3) is 5.92 Å². The Labute approximate surface area is 251 Å². The normalized spacial score (nSPS) is 14.4. The molecule has 2 heterocycles. The second kappa shape index (κ2) is 14.6. The van der Waals surface area contributed by atoms with Crippen LogP contribution in [0.1, 0.15) is 30.2 Å². The number of nitrogens with zero attached hydrogens (tertiary/aromatic N) is 4. The summed E-state index contributed by atoms with van der Waals surface area (Å²) in [5, 5.41) is 2.47. The minimum absolute atomic E-state index is 0.0138. The van der Waals surface area contributed by atoms with Crippen LogP contribution in [0.4, 0.5) is 33.6 Å². The lowest BCUT2D eigenvalue weighted by atomic mass is 10.0. The zero-order chi connectivity index (χ0) is 32.5. The van der Waals surface area contributed by atoms with Gasteiger partial charge in [-0.15, -0.1) is 13.2 Å². The average molecular weight is 646 g/mol. The number of amides is 1. The number of alkyl halides is 5. The third kappa shape index (κ3) is 9.20. The van der Waals surface area contributed by atoms with E-state index in [0.29, 0.717) is 37.6 Å². The number of benzene rings is 2. The number of hydrogen-bond acceptors (Lipinski definition) is 9. The monoisotopic (exact) mass is 645 g/mol. The molecule has 1 fully saturated rings. The summed E-state index contributed by atoms with van der Waals surface area (Å²) < 4.78 is 93.6. The first-order chi connectivity index (χ1) is 20.7. The second-order valence-electron chi connectivity index (χ2n) is 9.43. The van der Waals surface area contributed by atoms with Gasteiger partial charge in [0, 0.05) is 51.3 Å². The Kier molecular flexibility index (Phi) is 11.4. The van der Waals surface area contributed by atoms with E-state index in [9.17, 15) is 35.2 Å². The van der Waals surface area contributed by atoms with Crippen molar-refractivity contribution >= 4 is 28.1 Å². The zero-order valence-electron chi connectivity index (χ0n) is 23.6. The van der Waals surface area contributed by atoms with Crippen molar-refractivity contribution < 1.29 is 39.9 Å². The number of rotatable bonds is 10. The molecular weight excluding hydrogens is 613 g/mol. The van der Waals surface area contributed by atoms with Crippen molar-refractivity contribution in [3.63, 3.8) is 0 Å². The minimum Gasteiger partial charge on any atom is -0.406 e. The first-order valence-electron chi connectivity index (χ1n) is 13.3. The van der Waals surface area contributed by atoms with E-state index in [1.165, 1.54) is 29.6 Å². The minimum atomic E-state index is -4.84. The van der Waals surface area contributed by atoms with E-state index in [1.807, 2.05) is 4.90 Å². The van der Waals surface area contributed by atoms with E-state index in [-0.39, 0.29) is 42.3 Å². The average Bonchev–Trinajstić information content (AvgIpc) is 3.00. The molecule has 0 radical (unpaired) electrons. The fourth-order valence-electron chi connectivity index (χ4n) is 4.08. The highest BCUT2D eigenvalue weighted by molar-refractivity contribution is 7.89. The topological polar surface area (TPSA) is 157 Å². The first kappa shape index (κ1) is 34.4. The number of nitrogen functional groups attached to an aromatic ring is 1. The molecule has 5 N–H and O–H groups in total. The largest absolute Gasteiger partial charge is 0.573 e. The van der Waals surface area contributed by atoms with Gasteiger partial charge in [0.1, 0.15) is 17.4 Å². The highest BCUT2D eigenvalue weighted by Gasteiger charge is 2.32. The Bertz CT molecular complexity index is 1480. The highest BCUT2D eigenvalue weighted by atomic mass is 32.2. The van der Waals surface area contributed by atoms with Gasteiger partial charge in [-0.3, -0.25) is 9.78 Å². The van der Waals surface area contributed by atoms with E-state index in [2.05, 4.69) is 20.0 Å². The summed E-state index contributed by atoms with van der Waals surface area (Å²) >= 11 is 0. The van der Waals surface area contributed by atoms with Crippen molar-refractivity contribution in [2.75, 3.05) is 36.8 Å². The van der Waals surface area contributed by atoms with Crippen LogP contribution >= 0.6 is 0 Å². The van der Waals surface area contributed by atoms with Gasteiger partial charge in [0.2, 0.25) is 16.4 Å². The van der Waals surface area contributed by atoms with Crippen LogP contribution in [0.3, 0.4) is 0 Å². The van der Waals surface area contributed by atoms with E-state index in [1.54, 1.807) is 12.1 Å². The van der Waals surface area contributed by atoms with Crippen LogP contribution < -0.4 is 26.4 Å². The smallest absolute Gasteiger partial charge is 0.406 e. The summed E-state index contributed by atoms with van der Waals surface area (Å²) in [7, 11) is -3.85. The number of anilines is 2. The van der Waals surface area contributed by atoms with Crippen LogP contribution in [0.15, 0.2) is 59.6 Å². The molecular formula is C27H32F5N7O4S. The molecule has 17 heteroatoms. The van der Waals surface area contributed by atoms with Crippen LogP contribution in [0.2, 0.25) is 0 Å². The van der Waals surface area contributed by atoms with Crippen molar-refractivity contribution in [3.05, 3.63) is 71.5 Å². The number of hydrogen-bond donors (Lipinski definition) is 3. The number of nitrogens with two attached hydrogens (primary N) is 2. The van der Waals surface area contributed by atoms with E-state index in [4.69, 9.17) is 11.5 Å². The molecule has 0 bridgehead atoms. The fraction of sp³-hybridized carbons (Fsp3) is 0.370. The van der Waals surface area contributed by atoms with Gasteiger partial charge in [-0.05, 0) is 29.8 Å². The molecule has 1 aliphatic rings. The van der Waals surface area contributed by atoms with Gasteiger partial charge in [-0.1, -0.05) is 31.2 Å². The SMILES string of the molecule is CCC(F)(F)c1ccc(CNC=O)cc1.NCc1ncc(N2CCN(S(=O)(=O)c3ccc(OC(F)(F)F)cc3)CC2)nc1N. The molecule has 0 aliphatic carbocycles. The number of piperazine rings is 1. The summed E-state index contributed by atoms with van der Waals surface area (Å²) in [4.78, 5) is 20.1. The predicted molar refractivity (Wildman–Crippen MR) is 152 cm³/mol. The van der Waals surface area contributed by atoms with Crippen molar-refractivity contribution in [1.82, 2.24) is 19.6 Å². The van der Waals surface area contributed by atoms with Gasteiger partial charge in [-0.25, -0.2) is 22.2 Å². The molecule has 0 saturated carbocycles. The van der Waals surface area contributed by atoms with E-state index >= 15 is 0 Å². The fourth-order valence-corrected chi connectivity index (χ4v) is 5.50. The zero-order valence-corrected chi connectivity index (χ0v) is 24.4. The number of halogens is 5. The molecule has 3 aromatic rings. The van der Waals surface area contributed by atoms with E-state index in [0.717, 1.165) is 29.8 Å². The molecule has 2 aromatic carbocycles. The van der Waals surface area contributed by atoms with Crippen LogP contribution in [0, 0.1) is 0 Å². The lowest BCUT2D eigenvalue weighted by Gasteiger charge is -2.34. The molecule has 1 amide bonds. The summed E-state index contributed by atoms with van der Waals surface area (Å²) in [6, 6.07) is 10.1. The molecule has 44 heavy (non-hydrogen) atoms. The summed E-state index contributed by atoms with van der Waals surface area (Å²) in [5.41, 5.74) is 12.6. The Balaban J connectivity index is 0.000000297. The summed E-state index contributed by atoms with van der Waals surface area (Å²) in [5.74, 6) is -2.51. The molecule has 0 spiro atoms. The molecule has 240 valence electrons. The number of ether oxygens (including phenoxy) is 1. The third-order valence-corrected chi connectivity index (χ3v) is 8.44.